The number of hydrogen-bond donors (Lipinski definition) is 1. The molecule has 0 radical (unpaired) electrons. The molecular weight excluding hydrogens is 334 g/mol. The number of aliphatic imine (C=N–C) groups is 1. The van der Waals surface area contributed by atoms with Gasteiger partial charge < -0.3 is 9.84 Å². The smallest absolute Gasteiger partial charge is 0.118 e. The van der Waals surface area contributed by atoms with Crippen molar-refractivity contribution in [2.45, 2.75) is 6.10 Å². The van der Waals surface area contributed by atoms with Crippen LogP contribution in [0.4, 0.5) is 5.69 Å². The molecule has 3 nitrogen and oxygen atoms in total. The monoisotopic (exact) mass is 351 g/mol. The number of nitrogens with zero attached hydrogens (tertiary/aromatic N) is 1. The third kappa shape index (κ3) is 4.27. The van der Waals surface area contributed by atoms with Crippen molar-refractivity contribution in [2.24, 2.45) is 4.99 Å². The van der Waals surface area contributed by atoms with Crippen LogP contribution in [0.25, 0.3) is 0 Å². The van der Waals surface area contributed by atoms with Crippen LogP contribution >= 0.6 is 11.6 Å². The highest BCUT2D eigenvalue weighted by Gasteiger charge is 2.14. The van der Waals surface area contributed by atoms with Crippen molar-refractivity contribution in [1.82, 2.24) is 0 Å². The molecule has 0 unspecified atom stereocenters. The van der Waals surface area contributed by atoms with Crippen LogP contribution < -0.4 is 4.74 Å². The summed E-state index contributed by atoms with van der Waals surface area (Å²) in [5.41, 5.74) is 3.08. The fourth-order valence-corrected chi connectivity index (χ4v) is 2.69. The number of ether oxygens (including phenoxy) is 1. The van der Waals surface area contributed by atoms with Gasteiger partial charge in [-0.1, -0.05) is 41.9 Å². The Labute approximate surface area is 152 Å². The van der Waals surface area contributed by atoms with Gasteiger partial charge in [0.05, 0.1) is 12.8 Å². The van der Waals surface area contributed by atoms with Crippen molar-refractivity contribution in [1.29, 1.82) is 0 Å². The first-order valence-electron chi connectivity index (χ1n) is 7.88. The molecule has 3 aromatic rings. The molecule has 1 atom stereocenters. The summed E-state index contributed by atoms with van der Waals surface area (Å²) in [5.74, 6) is 0.795. The number of halogens is 1. The van der Waals surface area contributed by atoms with Crippen LogP contribution in [0, 0.1) is 0 Å². The molecule has 3 aromatic carbocycles. The van der Waals surface area contributed by atoms with E-state index in [4.69, 9.17) is 16.3 Å². The molecule has 0 fully saturated rings. The van der Waals surface area contributed by atoms with Gasteiger partial charge in [0.25, 0.3) is 0 Å². The lowest BCUT2D eigenvalue weighted by Gasteiger charge is -2.14. The van der Waals surface area contributed by atoms with Crippen LogP contribution in [0.5, 0.6) is 5.75 Å². The standard InChI is InChI=1S/C21H18ClNO2/c1-25-18-10-7-15(8-11-18)14-23-20-12-9-17(22)13-19(20)21(24)16-5-3-2-4-6-16/h2-14,21,24H,1H3/t21-/m0/s1. The highest BCUT2D eigenvalue weighted by molar-refractivity contribution is 6.30. The minimum absolute atomic E-state index is 0.563. The molecule has 0 bridgehead atoms. The van der Waals surface area contributed by atoms with E-state index in [-0.39, 0.29) is 0 Å². The van der Waals surface area contributed by atoms with Crippen molar-refractivity contribution >= 4 is 23.5 Å². The average Bonchev–Trinajstić information content (AvgIpc) is 2.67. The summed E-state index contributed by atoms with van der Waals surface area (Å²) in [7, 11) is 1.63. The topological polar surface area (TPSA) is 41.8 Å². The lowest BCUT2D eigenvalue weighted by molar-refractivity contribution is 0.221. The summed E-state index contributed by atoms with van der Waals surface area (Å²) >= 11 is 6.12. The number of rotatable bonds is 5. The Bertz CT molecular complexity index is 861. The van der Waals surface area contributed by atoms with Crippen LogP contribution in [0.1, 0.15) is 22.8 Å². The predicted molar refractivity (Wildman–Crippen MR) is 102 cm³/mol. The molecule has 126 valence electrons. The zero-order chi connectivity index (χ0) is 17.6. The van der Waals surface area contributed by atoms with Crippen molar-refractivity contribution in [2.75, 3.05) is 7.11 Å². The average molecular weight is 352 g/mol. The Kier molecular flexibility index (Phi) is 5.49. The van der Waals surface area contributed by atoms with E-state index in [2.05, 4.69) is 4.99 Å². The molecule has 0 amide bonds. The van der Waals surface area contributed by atoms with E-state index in [0.717, 1.165) is 16.9 Å². The summed E-state index contributed by atoms with van der Waals surface area (Å²) in [6, 6.07) is 22.4. The van der Waals surface area contributed by atoms with Crippen LogP contribution in [-0.2, 0) is 0 Å². The maximum absolute atomic E-state index is 10.7. The highest BCUT2D eigenvalue weighted by Crippen LogP contribution is 2.32. The van der Waals surface area contributed by atoms with Crippen molar-refractivity contribution < 1.29 is 9.84 Å². The second-order valence-corrected chi connectivity index (χ2v) is 5.98. The summed E-state index contributed by atoms with van der Waals surface area (Å²) in [4.78, 5) is 4.54. The van der Waals surface area contributed by atoms with Gasteiger partial charge in [0.15, 0.2) is 0 Å². The molecule has 0 aliphatic carbocycles. The van der Waals surface area contributed by atoms with Crippen LogP contribution in [0.15, 0.2) is 77.8 Å². The number of methoxy groups -OCH3 is 1. The van der Waals surface area contributed by atoms with Gasteiger partial charge in [0.2, 0.25) is 0 Å². The van der Waals surface area contributed by atoms with Gasteiger partial charge >= 0.3 is 0 Å². The van der Waals surface area contributed by atoms with Gasteiger partial charge in [-0.15, -0.1) is 0 Å². The third-order valence-electron chi connectivity index (χ3n) is 3.87. The van der Waals surface area contributed by atoms with Crippen LogP contribution in [0.3, 0.4) is 0 Å². The van der Waals surface area contributed by atoms with E-state index in [1.807, 2.05) is 60.7 Å². The SMILES string of the molecule is COc1ccc(C=Nc2ccc(Cl)cc2[C@@H](O)c2ccccc2)cc1. The number of benzene rings is 3. The Morgan fingerprint density at radius 2 is 1.72 bits per heavy atom. The summed E-state index contributed by atoms with van der Waals surface area (Å²) < 4.78 is 5.15. The molecule has 25 heavy (non-hydrogen) atoms. The summed E-state index contributed by atoms with van der Waals surface area (Å²) in [5, 5.41) is 11.3. The maximum Gasteiger partial charge on any atom is 0.118 e. The Balaban J connectivity index is 1.92. The first kappa shape index (κ1) is 17.2. The lowest BCUT2D eigenvalue weighted by Crippen LogP contribution is -2.00. The second kappa shape index (κ2) is 7.97. The van der Waals surface area contributed by atoms with Gasteiger partial charge in [-0.3, -0.25) is 4.99 Å². The van der Waals surface area contributed by atoms with E-state index in [1.54, 1.807) is 25.5 Å². The molecule has 3 rings (SSSR count). The molecule has 4 heteroatoms. The molecule has 1 N–H and O–H groups in total. The maximum atomic E-state index is 10.7. The van der Waals surface area contributed by atoms with Gasteiger partial charge in [-0.2, -0.15) is 0 Å². The van der Waals surface area contributed by atoms with E-state index in [1.165, 1.54) is 0 Å². The minimum atomic E-state index is -0.789. The van der Waals surface area contributed by atoms with Crippen molar-refractivity contribution in [3.8, 4) is 5.75 Å². The van der Waals surface area contributed by atoms with Gasteiger partial charge in [0.1, 0.15) is 11.9 Å². The van der Waals surface area contributed by atoms with E-state index >= 15 is 0 Å². The predicted octanol–water partition coefficient (Wildman–Crippen LogP) is 5.18. The first-order valence-corrected chi connectivity index (χ1v) is 8.26. The van der Waals surface area contributed by atoms with E-state index < -0.39 is 6.10 Å². The minimum Gasteiger partial charge on any atom is -0.497 e. The van der Waals surface area contributed by atoms with E-state index in [9.17, 15) is 5.11 Å². The van der Waals surface area contributed by atoms with Gasteiger partial charge in [-0.25, -0.2) is 0 Å². The van der Waals surface area contributed by atoms with Crippen LogP contribution in [-0.4, -0.2) is 18.4 Å². The molecule has 0 aliphatic rings. The van der Waals surface area contributed by atoms with Crippen molar-refractivity contribution in [3.05, 3.63) is 94.5 Å². The third-order valence-corrected chi connectivity index (χ3v) is 4.10. The lowest BCUT2D eigenvalue weighted by atomic mass is 10.00. The molecule has 0 aromatic heterocycles. The first-order chi connectivity index (χ1) is 12.2. The number of aliphatic hydroxyl groups excluding tert-OH is 1. The fraction of sp³-hybridized carbons (Fsp3) is 0.0952. The Morgan fingerprint density at radius 3 is 2.40 bits per heavy atom. The molecule has 0 aliphatic heterocycles. The zero-order valence-electron chi connectivity index (χ0n) is 13.8. The van der Waals surface area contributed by atoms with Gasteiger partial charge in [0, 0.05) is 16.8 Å². The molecule has 0 heterocycles. The number of hydrogen-bond acceptors (Lipinski definition) is 3. The summed E-state index contributed by atoms with van der Waals surface area (Å²) in [6.45, 7) is 0. The van der Waals surface area contributed by atoms with E-state index in [0.29, 0.717) is 16.3 Å². The van der Waals surface area contributed by atoms with Crippen molar-refractivity contribution in [3.63, 3.8) is 0 Å². The largest absolute Gasteiger partial charge is 0.497 e. The highest BCUT2D eigenvalue weighted by atomic mass is 35.5. The fourth-order valence-electron chi connectivity index (χ4n) is 2.51. The van der Waals surface area contributed by atoms with Crippen LogP contribution in [0.2, 0.25) is 5.02 Å². The van der Waals surface area contributed by atoms with Gasteiger partial charge in [-0.05, 0) is 53.6 Å². The molecule has 0 saturated carbocycles. The molecule has 0 saturated heterocycles. The summed E-state index contributed by atoms with van der Waals surface area (Å²) in [6.07, 6.45) is 0.965. The Hall–Kier alpha value is -2.62. The second-order valence-electron chi connectivity index (χ2n) is 5.55. The molecule has 0 spiro atoms. The quantitative estimate of drug-likeness (QED) is 0.643. The zero-order valence-corrected chi connectivity index (χ0v) is 14.5. The molecular formula is C21H18ClNO2. The normalized spacial score (nSPS) is 12.3. The Morgan fingerprint density at radius 1 is 1.00 bits per heavy atom. The number of aliphatic hydroxyl groups is 1.